The first kappa shape index (κ1) is 22.5. The molecule has 1 heterocycles. The maximum Gasteiger partial charge on any atom is 0.444 e. The Morgan fingerprint density at radius 2 is 2.06 bits per heavy atom. The summed E-state index contributed by atoms with van der Waals surface area (Å²) in [5.74, 6) is 0.339. The number of alkyl halides is 4. The molecule has 160 valence electrons. The van der Waals surface area contributed by atoms with Crippen LogP contribution in [-0.4, -0.2) is 23.8 Å². The molecule has 1 unspecified atom stereocenters. The number of anilines is 1. The minimum absolute atomic E-state index is 0.0943. The molecule has 0 aliphatic rings. The molecule has 0 fully saturated rings. The van der Waals surface area contributed by atoms with Crippen LogP contribution >= 0.6 is 22.9 Å². The molecule has 0 saturated carbocycles. The monoisotopic (exact) mass is 465 g/mol. The summed E-state index contributed by atoms with van der Waals surface area (Å²) in [4.78, 5) is 4.46. The van der Waals surface area contributed by atoms with Gasteiger partial charge in [0.1, 0.15) is 28.1 Å². The van der Waals surface area contributed by atoms with E-state index >= 15 is 0 Å². The molecular weight excluding hydrogens is 451 g/mol. The number of para-hydroxylation sites is 2. The van der Waals surface area contributed by atoms with E-state index in [0.717, 1.165) is 5.56 Å². The third-order valence-electron chi connectivity index (χ3n) is 3.98. The Morgan fingerprint density at radius 3 is 2.77 bits per heavy atom. The summed E-state index contributed by atoms with van der Waals surface area (Å²) in [6.45, 7) is 0. The van der Waals surface area contributed by atoms with Crippen LogP contribution in [0.25, 0.3) is 16.8 Å². The van der Waals surface area contributed by atoms with Gasteiger partial charge in [0.2, 0.25) is 0 Å². The number of benzene rings is 2. The summed E-state index contributed by atoms with van der Waals surface area (Å²) in [6, 6.07) is 15.0. The maximum absolute atomic E-state index is 13.5. The largest absolute Gasteiger partial charge is 0.497 e. The number of halogens is 4. The fourth-order valence-electron chi connectivity index (χ4n) is 2.47. The van der Waals surface area contributed by atoms with Gasteiger partial charge in [-0.25, -0.2) is 9.37 Å². The second-order valence-corrected chi connectivity index (χ2v) is 7.29. The van der Waals surface area contributed by atoms with Crippen molar-refractivity contribution in [2.75, 3.05) is 12.4 Å². The summed E-state index contributed by atoms with van der Waals surface area (Å²) in [5.41, 5.74) is -1.29. The fraction of sp³-hybridized carbons (Fsp3) is 0.143. The Hall–Kier alpha value is -3.22. The van der Waals surface area contributed by atoms with Gasteiger partial charge >= 0.3 is 6.11 Å². The van der Waals surface area contributed by atoms with E-state index in [-0.39, 0.29) is 17.0 Å². The van der Waals surface area contributed by atoms with Crippen LogP contribution in [0.15, 0.2) is 60.1 Å². The number of ether oxygens (including phenoxy) is 2. The van der Waals surface area contributed by atoms with E-state index in [9.17, 15) is 18.4 Å². The lowest BCUT2D eigenvalue weighted by molar-refractivity contribution is -0.198. The molecule has 10 heteroatoms. The van der Waals surface area contributed by atoms with Crippen molar-refractivity contribution in [3.63, 3.8) is 0 Å². The minimum Gasteiger partial charge on any atom is -0.497 e. The Morgan fingerprint density at radius 1 is 1.29 bits per heavy atom. The average molecular weight is 466 g/mol. The normalized spacial score (nSPS) is 12.7. The standard InChI is InChI=1S/C21H15ClF3N3O2S/c1-29-15-6-4-5-13(9-15)17-12-31-19(28-17)14(10-26)11-27-16-7-2-3-8-18(16)30-21(24,25)20(22)23/h2-9,11-12,20,27H,1H3/b14-11+. The van der Waals surface area contributed by atoms with Gasteiger partial charge < -0.3 is 14.8 Å². The molecule has 31 heavy (non-hydrogen) atoms. The lowest BCUT2D eigenvalue weighted by Crippen LogP contribution is -2.33. The lowest BCUT2D eigenvalue weighted by atomic mass is 10.1. The predicted octanol–water partition coefficient (Wildman–Crippen LogP) is 6.30. The molecule has 5 nitrogen and oxygen atoms in total. The highest BCUT2D eigenvalue weighted by atomic mass is 35.5. The SMILES string of the molecule is COc1cccc(-c2csc(/C(C#N)=C/Nc3ccccc3OC(F)(F)C(F)Cl)n2)c1. The van der Waals surface area contributed by atoms with E-state index in [4.69, 9.17) is 16.3 Å². The average Bonchev–Trinajstić information content (AvgIpc) is 3.25. The molecule has 0 bridgehead atoms. The number of rotatable bonds is 8. The number of nitrogens with zero attached hydrogens (tertiary/aromatic N) is 2. The van der Waals surface area contributed by atoms with Crippen LogP contribution in [0.2, 0.25) is 0 Å². The highest BCUT2D eigenvalue weighted by Crippen LogP contribution is 2.34. The molecule has 2 aromatic carbocycles. The van der Waals surface area contributed by atoms with Gasteiger partial charge in [0.15, 0.2) is 0 Å². The molecular formula is C21H15ClF3N3O2S. The zero-order chi connectivity index (χ0) is 22.4. The number of nitrogens with one attached hydrogen (secondary N) is 1. The molecule has 0 amide bonds. The van der Waals surface area contributed by atoms with Gasteiger partial charge in [-0.05, 0) is 24.3 Å². The summed E-state index contributed by atoms with van der Waals surface area (Å²) in [6.07, 6.45) is -2.91. The Balaban J connectivity index is 1.83. The van der Waals surface area contributed by atoms with Crippen molar-refractivity contribution in [3.05, 3.63) is 65.1 Å². The Labute approximate surface area is 185 Å². The van der Waals surface area contributed by atoms with Gasteiger partial charge in [0.05, 0.1) is 18.5 Å². The van der Waals surface area contributed by atoms with E-state index < -0.39 is 11.7 Å². The summed E-state index contributed by atoms with van der Waals surface area (Å²) < 4.78 is 49.5. The van der Waals surface area contributed by atoms with Crippen molar-refractivity contribution in [1.29, 1.82) is 5.26 Å². The number of hydrogen-bond donors (Lipinski definition) is 1. The van der Waals surface area contributed by atoms with Gasteiger partial charge in [0.25, 0.3) is 5.63 Å². The van der Waals surface area contributed by atoms with Gasteiger partial charge in [-0.1, -0.05) is 35.9 Å². The summed E-state index contributed by atoms with van der Waals surface area (Å²) >= 11 is 6.08. The molecule has 3 aromatic rings. The summed E-state index contributed by atoms with van der Waals surface area (Å²) in [5, 5.41) is 14.5. The lowest BCUT2D eigenvalue weighted by Gasteiger charge is -2.19. The molecule has 1 atom stereocenters. The Kier molecular flexibility index (Phi) is 7.05. The number of nitriles is 1. The smallest absolute Gasteiger partial charge is 0.444 e. The van der Waals surface area contributed by atoms with E-state index in [1.54, 1.807) is 24.6 Å². The van der Waals surface area contributed by atoms with Crippen LogP contribution in [0.1, 0.15) is 5.01 Å². The third kappa shape index (κ3) is 5.48. The van der Waals surface area contributed by atoms with Crippen LogP contribution in [0.5, 0.6) is 11.5 Å². The van der Waals surface area contributed by atoms with Crippen molar-refractivity contribution in [3.8, 4) is 28.8 Å². The van der Waals surface area contributed by atoms with Crippen LogP contribution in [0.3, 0.4) is 0 Å². The third-order valence-corrected chi connectivity index (χ3v) is 5.11. The van der Waals surface area contributed by atoms with E-state index in [0.29, 0.717) is 16.5 Å². The predicted molar refractivity (Wildman–Crippen MR) is 114 cm³/mol. The Bertz CT molecular complexity index is 1130. The van der Waals surface area contributed by atoms with Gasteiger partial charge in [-0.2, -0.15) is 14.0 Å². The zero-order valence-corrected chi connectivity index (χ0v) is 17.6. The molecule has 0 radical (unpaired) electrons. The number of thiazole rings is 1. The van der Waals surface area contributed by atoms with Crippen LogP contribution < -0.4 is 14.8 Å². The molecule has 0 aliphatic heterocycles. The minimum atomic E-state index is -4.22. The molecule has 3 rings (SSSR count). The van der Waals surface area contributed by atoms with Crippen molar-refractivity contribution in [2.24, 2.45) is 0 Å². The maximum atomic E-state index is 13.5. The van der Waals surface area contributed by atoms with Crippen molar-refractivity contribution < 1.29 is 22.6 Å². The van der Waals surface area contributed by atoms with Gasteiger partial charge in [-0.3, -0.25) is 0 Å². The number of aromatic nitrogens is 1. The summed E-state index contributed by atoms with van der Waals surface area (Å²) in [7, 11) is 1.56. The molecule has 0 aliphatic carbocycles. The zero-order valence-electron chi connectivity index (χ0n) is 16.0. The first-order chi connectivity index (χ1) is 14.8. The highest BCUT2D eigenvalue weighted by molar-refractivity contribution is 7.11. The number of allylic oxidation sites excluding steroid dienone is 1. The number of hydrogen-bond acceptors (Lipinski definition) is 6. The van der Waals surface area contributed by atoms with Crippen molar-refractivity contribution >= 4 is 34.2 Å². The second-order valence-electron chi connectivity index (χ2n) is 6.04. The first-order valence-corrected chi connectivity index (χ1v) is 10.1. The topological polar surface area (TPSA) is 67.2 Å². The van der Waals surface area contributed by atoms with E-state index in [2.05, 4.69) is 15.0 Å². The molecule has 0 spiro atoms. The van der Waals surface area contributed by atoms with Crippen LogP contribution in [-0.2, 0) is 0 Å². The molecule has 0 saturated heterocycles. The van der Waals surface area contributed by atoms with Gasteiger partial charge in [0, 0.05) is 17.1 Å². The molecule has 1 aromatic heterocycles. The highest BCUT2D eigenvalue weighted by Gasteiger charge is 2.42. The van der Waals surface area contributed by atoms with Crippen LogP contribution in [0, 0.1) is 11.3 Å². The van der Waals surface area contributed by atoms with Gasteiger partial charge in [-0.15, -0.1) is 11.3 Å². The number of methoxy groups -OCH3 is 1. The quantitative estimate of drug-likeness (QED) is 0.312. The van der Waals surface area contributed by atoms with Crippen molar-refractivity contribution in [2.45, 2.75) is 11.7 Å². The van der Waals surface area contributed by atoms with E-state index in [1.807, 2.05) is 24.3 Å². The second kappa shape index (κ2) is 9.73. The van der Waals surface area contributed by atoms with Crippen molar-refractivity contribution in [1.82, 2.24) is 4.98 Å². The first-order valence-electron chi connectivity index (χ1n) is 8.75. The molecule has 1 N–H and O–H groups in total. The fourth-order valence-corrected chi connectivity index (χ4v) is 3.31. The van der Waals surface area contributed by atoms with E-state index in [1.165, 1.54) is 35.7 Å². The van der Waals surface area contributed by atoms with Crippen LogP contribution in [0.4, 0.5) is 18.9 Å².